The van der Waals surface area contributed by atoms with Gasteiger partial charge in [0.25, 0.3) is 5.56 Å². The predicted molar refractivity (Wildman–Crippen MR) is 83.6 cm³/mol. The van der Waals surface area contributed by atoms with Crippen LogP contribution in [-0.4, -0.2) is 20.0 Å². The third-order valence-electron chi connectivity index (χ3n) is 3.62. The Balaban J connectivity index is 2.26. The van der Waals surface area contributed by atoms with Crippen LogP contribution in [0.1, 0.15) is 54.6 Å². The topological polar surface area (TPSA) is 76.2 Å². The second kappa shape index (κ2) is 4.91. The molecule has 1 aliphatic rings. The van der Waals surface area contributed by atoms with E-state index in [0.717, 1.165) is 27.9 Å². The molecule has 0 saturated carbocycles. The summed E-state index contributed by atoms with van der Waals surface area (Å²) in [5, 5.41) is 7.72. The van der Waals surface area contributed by atoms with Crippen LogP contribution in [-0.2, 0) is 0 Å². The number of aromatic amines is 1. The smallest absolute Gasteiger partial charge is 0.271 e. The van der Waals surface area contributed by atoms with E-state index in [4.69, 9.17) is 4.52 Å². The summed E-state index contributed by atoms with van der Waals surface area (Å²) in [6.45, 7) is 9.79. The molecule has 3 rings (SSSR count). The molecule has 6 nitrogen and oxygen atoms in total. The van der Waals surface area contributed by atoms with Crippen LogP contribution in [0.4, 0.5) is 5.82 Å². The van der Waals surface area contributed by atoms with Gasteiger partial charge >= 0.3 is 0 Å². The second-order valence-corrected chi connectivity index (χ2v) is 6.81. The van der Waals surface area contributed by atoms with Crippen LogP contribution >= 0.6 is 11.8 Å². The van der Waals surface area contributed by atoms with Crippen molar-refractivity contribution < 1.29 is 4.52 Å². The fraction of sp³-hybridized carbons (Fsp3) is 0.500. The van der Waals surface area contributed by atoms with E-state index in [1.165, 1.54) is 0 Å². The zero-order valence-electron chi connectivity index (χ0n) is 12.7. The molecule has 0 saturated heterocycles. The number of aromatic nitrogens is 3. The van der Waals surface area contributed by atoms with E-state index in [1.807, 2.05) is 39.3 Å². The minimum absolute atomic E-state index is 0.0903. The molecule has 0 bridgehead atoms. The van der Waals surface area contributed by atoms with Crippen LogP contribution in [0.3, 0.4) is 0 Å². The first-order chi connectivity index (χ1) is 9.90. The molecule has 0 amide bonds. The SMILES string of the molecule is CC1=Nc2c(c(=O)[nH]n2C(C)C)[C@H](c2c(C)noc2C)S1. The van der Waals surface area contributed by atoms with Gasteiger partial charge in [-0.15, -0.1) is 0 Å². The molecule has 2 aromatic rings. The Bertz CT molecular complexity index is 762. The Kier molecular flexibility index (Phi) is 3.32. The minimum atomic E-state index is -0.118. The Morgan fingerprint density at radius 2 is 2.00 bits per heavy atom. The van der Waals surface area contributed by atoms with Gasteiger partial charge in [-0.1, -0.05) is 16.9 Å². The molecule has 112 valence electrons. The van der Waals surface area contributed by atoms with Crippen molar-refractivity contribution in [2.75, 3.05) is 0 Å². The lowest BCUT2D eigenvalue weighted by atomic mass is 10.0. The summed E-state index contributed by atoms with van der Waals surface area (Å²) in [6, 6.07) is 0.145. The molecule has 0 aliphatic carbocycles. The molecular weight excluding hydrogens is 288 g/mol. The molecular formula is C14H18N4O2S. The standard InChI is InChI=1S/C14H18N4O2S/c1-6(2)18-13-11(14(19)16-18)12(21-9(5)15-13)10-7(3)17-20-8(10)4/h6,12H,1-5H3,(H,16,19)/t12-/m0/s1. The highest BCUT2D eigenvalue weighted by Crippen LogP contribution is 2.45. The summed E-state index contributed by atoms with van der Waals surface area (Å²) in [5.74, 6) is 1.47. The number of nitrogens with zero attached hydrogens (tertiary/aromatic N) is 3. The second-order valence-electron chi connectivity index (χ2n) is 5.51. The monoisotopic (exact) mass is 306 g/mol. The molecule has 0 aromatic carbocycles. The van der Waals surface area contributed by atoms with Gasteiger partial charge in [0.1, 0.15) is 5.76 Å². The Morgan fingerprint density at radius 3 is 2.57 bits per heavy atom. The van der Waals surface area contributed by atoms with E-state index in [0.29, 0.717) is 5.56 Å². The van der Waals surface area contributed by atoms with Gasteiger partial charge in [-0.05, 0) is 34.6 Å². The largest absolute Gasteiger partial charge is 0.361 e. The molecule has 0 spiro atoms. The summed E-state index contributed by atoms with van der Waals surface area (Å²) in [5.41, 5.74) is 2.39. The maximum absolute atomic E-state index is 12.4. The molecule has 1 atom stereocenters. The van der Waals surface area contributed by atoms with Crippen molar-refractivity contribution in [1.82, 2.24) is 14.9 Å². The van der Waals surface area contributed by atoms with Crippen molar-refractivity contribution in [2.45, 2.75) is 45.9 Å². The van der Waals surface area contributed by atoms with Crippen LogP contribution in [0.25, 0.3) is 0 Å². The third-order valence-corrected chi connectivity index (χ3v) is 4.76. The van der Waals surface area contributed by atoms with E-state index >= 15 is 0 Å². The number of nitrogens with one attached hydrogen (secondary N) is 1. The first kappa shape index (κ1) is 14.2. The summed E-state index contributed by atoms with van der Waals surface area (Å²) < 4.78 is 7.10. The van der Waals surface area contributed by atoms with Crippen molar-refractivity contribution in [3.05, 3.63) is 32.9 Å². The van der Waals surface area contributed by atoms with Crippen molar-refractivity contribution in [3.8, 4) is 0 Å². The molecule has 2 aromatic heterocycles. The Labute approximate surface area is 126 Å². The minimum Gasteiger partial charge on any atom is -0.361 e. The lowest BCUT2D eigenvalue weighted by Gasteiger charge is -2.21. The molecule has 1 aliphatic heterocycles. The number of fused-ring (bicyclic) bond motifs is 1. The van der Waals surface area contributed by atoms with E-state index < -0.39 is 0 Å². The van der Waals surface area contributed by atoms with Gasteiger partial charge in [0.15, 0.2) is 5.82 Å². The molecule has 21 heavy (non-hydrogen) atoms. The summed E-state index contributed by atoms with van der Waals surface area (Å²) in [7, 11) is 0. The number of H-pyrrole nitrogens is 1. The zero-order valence-corrected chi connectivity index (χ0v) is 13.5. The van der Waals surface area contributed by atoms with E-state index in [9.17, 15) is 4.79 Å². The van der Waals surface area contributed by atoms with Crippen molar-refractivity contribution in [3.63, 3.8) is 0 Å². The highest BCUT2D eigenvalue weighted by Gasteiger charge is 2.34. The summed E-state index contributed by atoms with van der Waals surface area (Å²) in [4.78, 5) is 17.0. The van der Waals surface area contributed by atoms with Gasteiger partial charge in [-0.2, -0.15) is 0 Å². The fourth-order valence-electron chi connectivity index (χ4n) is 2.65. The van der Waals surface area contributed by atoms with Crippen molar-refractivity contribution in [1.29, 1.82) is 0 Å². The van der Waals surface area contributed by atoms with Crippen LogP contribution in [0.15, 0.2) is 14.3 Å². The lowest BCUT2D eigenvalue weighted by Crippen LogP contribution is -2.14. The van der Waals surface area contributed by atoms with E-state index in [-0.39, 0.29) is 16.9 Å². The third kappa shape index (κ3) is 2.16. The van der Waals surface area contributed by atoms with Gasteiger partial charge in [-0.3, -0.25) is 14.6 Å². The van der Waals surface area contributed by atoms with Crippen LogP contribution in [0, 0.1) is 13.8 Å². The summed E-state index contributed by atoms with van der Waals surface area (Å²) >= 11 is 1.57. The molecule has 3 heterocycles. The average molecular weight is 306 g/mol. The van der Waals surface area contributed by atoms with Gasteiger partial charge in [0, 0.05) is 11.6 Å². The maximum Gasteiger partial charge on any atom is 0.271 e. The molecule has 7 heteroatoms. The molecule has 0 radical (unpaired) electrons. The molecule has 0 fully saturated rings. The van der Waals surface area contributed by atoms with Crippen LogP contribution in [0.5, 0.6) is 0 Å². The number of hydrogen-bond donors (Lipinski definition) is 1. The van der Waals surface area contributed by atoms with Gasteiger partial charge in [0.05, 0.1) is 21.6 Å². The molecule has 0 unspecified atom stereocenters. The van der Waals surface area contributed by atoms with Crippen LogP contribution in [0.2, 0.25) is 0 Å². The number of aliphatic imine (C=N–C) groups is 1. The van der Waals surface area contributed by atoms with Gasteiger partial charge < -0.3 is 4.52 Å². The number of aryl methyl sites for hydroxylation is 2. The van der Waals surface area contributed by atoms with Gasteiger partial charge in [0.2, 0.25) is 0 Å². The highest BCUT2D eigenvalue weighted by molar-refractivity contribution is 8.14. The maximum atomic E-state index is 12.4. The lowest BCUT2D eigenvalue weighted by molar-refractivity contribution is 0.392. The van der Waals surface area contributed by atoms with E-state index in [2.05, 4.69) is 15.2 Å². The Hall–Kier alpha value is -1.76. The van der Waals surface area contributed by atoms with Crippen molar-refractivity contribution in [2.24, 2.45) is 4.99 Å². The van der Waals surface area contributed by atoms with E-state index in [1.54, 1.807) is 11.8 Å². The molecule has 1 N–H and O–H groups in total. The number of hydrogen-bond acceptors (Lipinski definition) is 5. The first-order valence-electron chi connectivity index (χ1n) is 6.89. The van der Waals surface area contributed by atoms with Crippen molar-refractivity contribution >= 4 is 22.6 Å². The van der Waals surface area contributed by atoms with Crippen LogP contribution < -0.4 is 5.56 Å². The summed E-state index contributed by atoms with van der Waals surface area (Å²) in [6.07, 6.45) is 0. The predicted octanol–water partition coefficient (Wildman–Crippen LogP) is 3.25. The average Bonchev–Trinajstić information content (AvgIpc) is 2.90. The highest BCUT2D eigenvalue weighted by atomic mass is 32.2. The first-order valence-corrected chi connectivity index (χ1v) is 7.77. The number of rotatable bonds is 2. The Morgan fingerprint density at radius 1 is 1.29 bits per heavy atom. The zero-order chi connectivity index (χ0) is 15.3. The fourth-order valence-corrected chi connectivity index (χ4v) is 3.92. The number of thioether (sulfide) groups is 1. The van der Waals surface area contributed by atoms with Gasteiger partial charge in [-0.25, -0.2) is 4.99 Å². The quantitative estimate of drug-likeness (QED) is 0.924. The normalized spacial score (nSPS) is 18.0.